The summed E-state index contributed by atoms with van der Waals surface area (Å²) in [7, 11) is 0. The Morgan fingerprint density at radius 2 is 2.18 bits per heavy atom. The molecule has 0 saturated carbocycles. The van der Waals surface area contributed by atoms with Crippen molar-refractivity contribution in [2.45, 2.75) is 38.7 Å². The van der Waals surface area contributed by atoms with E-state index in [4.69, 9.17) is 4.74 Å². The molecular formula is C16H18O. The van der Waals surface area contributed by atoms with E-state index in [0.29, 0.717) is 0 Å². The molecule has 0 N–H and O–H groups in total. The lowest BCUT2D eigenvalue weighted by Gasteiger charge is -2.22. The van der Waals surface area contributed by atoms with Crippen LogP contribution in [0.1, 0.15) is 38.2 Å². The van der Waals surface area contributed by atoms with Gasteiger partial charge < -0.3 is 4.74 Å². The van der Waals surface area contributed by atoms with E-state index in [1.165, 1.54) is 6.42 Å². The molecule has 0 aromatic heterocycles. The Kier molecular flexibility index (Phi) is 4.27. The Labute approximate surface area is 103 Å². The van der Waals surface area contributed by atoms with Gasteiger partial charge in [-0.1, -0.05) is 37.0 Å². The smallest absolute Gasteiger partial charge is 0.159 e. The topological polar surface area (TPSA) is 9.23 Å². The fourth-order valence-electron chi connectivity index (χ4n) is 1.93. The summed E-state index contributed by atoms with van der Waals surface area (Å²) in [4.78, 5) is 0. The molecule has 1 aromatic carbocycles. The van der Waals surface area contributed by atoms with Crippen LogP contribution < -0.4 is 0 Å². The van der Waals surface area contributed by atoms with Crippen LogP contribution in [0.4, 0.5) is 0 Å². The number of hydrogen-bond donors (Lipinski definition) is 0. The third kappa shape index (κ3) is 3.67. The Bertz CT molecular complexity index is 434. The highest BCUT2D eigenvalue weighted by molar-refractivity contribution is 5.34. The van der Waals surface area contributed by atoms with Crippen molar-refractivity contribution in [3.63, 3.8) is 0 Å². The Hall–Kier alpha value is -1.68. The van der Waals surface area contributed by atoms with Gasteiger partial charge >= 0.3 is 0 Å². The van der Waals surface area contributed by atoms with Gasteiger partial charge in [0.25, 0.3) is 0 Å². The lowest BCUT2D eigenvalue weighted by molar-refractivity contribution is 0.115. The average Bonchev–Trinajstić information content (AvgIpc) is 2.39. The monoisotopic (exact) mass is 226 g/mol. The van der Waals surface area contributed by atoms with Crippen molar-refractivity contribution < 1.29 is 4.74 Å². The highest BCUT2D eigenvalue weighted by atomic mass is 16.5. The van der Waals surface area contributed by atoms with Gasteiger partial charge in [0.05, 0.1) is 5.76 Å². The second-order valence-electron chi connectivity index (χ2n) is 4.21. The van der Waals surface area contributed by atoms with E-state index < -0.39 is 0 Å². The largest absolute Gasteiger partial charge is 0.482 e. The molecule has 1 atom stereocenters. The molecule has 1 aliphatic heterocycles. The first-order valence-corrected chi connectivity index (χ1v) is 6.31. The molecule has 1 saturated heterocycles. The van der Waals surface area contributed by atoms with Crippen LogP contribution in [0.2, 0.25) is 0 Å². The van der Waals surface area contributed by atoms with Crippen LogP contribution in [0.3, 0.4) is 0 Å². The summed E-state index contributed by atoms with van der Waals surface area (Å²) in [6.07, 6.45) is 6.56. The van der Waals surface area contributed by atoms with Gasteiger partial charge in [-0.15, -0.1) is 0 Å². The van der Waals surface area contributed by atoms with Gasteiger partial charge in [0.1, 0.15) is 0 Å². The van der Waals surface area contributed by atoms with Gasteiger partial charge in [-0.2, -0.15) is 0 Å². The van der Waals surface area contributed by atoms with Gasteiger partial charge in [-0.3, -0.25) is 0 Å². The lowest BCUT2D eigenvalue weighted by atomic mass is 10.1. The molecule has 0 radical (unpaired) electrons. The van der Waals surface area contributed by atoms with Crippen molar-refractivity contribution in [2.75, 3.05) is 0 Å². The Balaban J connectivity index is 2.00. The first-order valence-electron chi connectivity index (χ1n) is 6.31. The van der Waals surface area contributed by atoms with E-state index in [2.05, 4.69) is 24.8 Å². The van der Waals surface area contributed by atoms with Crippen LogP contribution in [-0.2, 0) is 4.74 Å². The summed E-state index contributed by atoms with van der Waals surface area (Å²) in [5.74, 6) is 7.50. The van der Waals surface area contributed by atoms with Crippen molar-refractivity contribution in [3.8, 4) is 11.8 Å². The fraction of sp³-hybridized carbons (Fsp3) is 0.375. The molecule has 1 aliphatic rings. The predicted molar refractivity (Wildman–Crippen MR) is 70.4 cm³/mol. The number of rotatable bonds is 1. The van der Waals surface area contributed by atoms with Gasteiger partial charge in [0.2, 0.25) is 0 Å². The average molecular weight is 226 g/mol. The van der Waals surface area contributed by atoms with Gasteiger partial charge in [-0.05, 0) is 37.5 Å². The summed E-state index contributed by atoms with van der Waals surface area (Å²) < 4.78 is 5.84. The zero-order chi connectivity index (χ0) is 11.9. The second-order valence-corrected chi connectivity index (χ2v) is 4.21. The second kappa shape index (κ2) is 6.15. The molecule has 1 heteroatoms. The predicted octanol–water partition coefficient (Wildman–Crippen LogP) is 3.90. The molecule has 1 nitrogen and oxygen atoms in total. The zero-order valence-corrected chi connectivity index (χ0v) is 10.3. The maximum Gasteiger partial charge on any atom is 0.159 e. The number of ether oxygens (including phenoxy) is 1. The first kappa shape index (κ1) is 11.8. The summed E-state index contributed by atoms with van der Waals surface area (Å²) in [5, 5.41) is 0. The number of allylic oxidation sites excluding steroid dienone is 2. The van der Waals surface area contributed by atoms with E-state index in [1.54, 1.807) is 0 Å². The van der Waals surface area contributed by atoms with Crippen LogP contribution >= 0.6 is 0 Å². The Morgan fingerprint density at radius 3 is 2.94 bits per heavy atom. The minimum Gasteiger partial charge on any atom is -0.482 e. The quantitative estimate of drug-likeness (QED) is 0.660. The first-order chi connectivity index (χ1) is 8.38. The molecule has 1 fully saturated rings. The number of benzene rings is 1. The van der Waals surface area contributed by atoms with Gasteiger partial charge in [0, 0.05) is 12.0 Å². The molecule has 1 unspecified atom stereocenters. The van der Waals surface area contributed by atoms with Gasteiger partial charge in [-0.25, -0.2) is 0 Å². The molecule has 0 bridgehead atoms. The molecule has 0 aliphatic carbocycles. The van der Waals surface area contributed by atoms with Crippen LogP contribution in [0.25, 0.3) is 0 Å². The van der Waals surface area contributed by atoms with Crippen LogP contribution in [0.5, 0.6) is 0 Å². The van der Waals surface area contributed by atoms with Crippen LogP contribution in [-0.4, -0.2) is 6.10 Å². The Morgan fingerprint density at radius 1 is 1.35 bits per heavy atom. The van der Waals surface area contributed by atoms with Crippen molar-refractivity contribution in [1.82, 2.24) is 0 Å². The third-order valence-corrected chi connectivity index (χ3v) is 2.77. The summed E-state index contributed by atoms with van der Waals surface area (Å²) in [6.45, 7) is 2.13. The summed E-state index contributed by atoms with van der Waals surface area (Å²) in [5.41, 5.74) is 1.06. The SMILES string of the molecule is CC/C=C1\CCCC(C#Cc2ccccc2)O1. The zero-order valence-electron chi connectivity index (χ0n) is 10.3. The van der Waals surface area contributed by atoms with Crippen molar-refractivity contribution in [1.29, 1.82) is 0 Å². The molecular weight excluding hydrogens is 208 g/mol. The summed E-state index contributed by atoms with van der Waals surface area (Å²) >= 11 is 0. The fourth-order valence-corrected chi connectivity index (χ4v) is 1.93. The summed E-state index contributed by atoms with van der Waals surface area (Å²) in [6, 6.07) is 10.1. The molecule has 0 amide bonds. The van der Waals surface area contributed by atoms with Crippen LogP contribution in [0, 0.1) is 11.8 Å². The molecule has 17 heavy (non-hydrogen) atoms. The van der Waals surface area contributed by atoms with E-state index in [9.17, 15) is 0 Å². The lowest BCUT2D eigenvalue weighted by Crippen LogP contribution is -2.15. The van der Waals surface area contributed by atoms with Crippen molar-refractivity contribution in [3.05, 3.63) is 47.7 Å². The highest BCUT2D eigenvalue weighted by Gasteiger charge is 2.14. The number of hydrogen-bond acceptors (Lipinski definition) is 1. The standard InChI is InChI=1S/C16H18O/c1-2-7-15-10-6-11-16(17-15)13-12-14-8-4-3-5-9-14/h3-5,7-9,16H,2,6,10-11H2,1H3/b15-7+. The maximum atomic E-state index is 5.84. The molecule has 88 valence electrons. The van der Waals surface area contributed by atoms with E-state index in [1.807, 2.05) is 30.3 Å². The molecule has 1 heterocycles. The molecule has 0 spiro atoms. The van der Waals surface area contributed by atoms with E-state index in [0.717, 1.165) is 30.6 Å². The minimum atomic E-state index is 0.0711. The van der Waals surface area contributed by atoms with Crippen molar-refractivity contribution in [2.24, 2.45) is 0 Å². The molecule has 1 aromatic rings. The molecule has 2 rings (SSSR count). The van der Waals surface area contributed by atoms with E-state index >= 15 is 0 Å². The van der Waals surface area contributed by atoms with E-state index in [-0.39, 0.29) is 6.10 Å². The minimum absolute atomic E-state index is 0.0711. The maximum absolute atomic E-state index is 5.84. The van der Waals surface area contributed by atoms with Crippen LogP contribution in [0.15, 0.2) is 42.2 Å². The highest BCUT2D eigenvalue weighted by Crippen LogP contribution is 2.21. The van der Waals surface area contributed by atoms with Gasteiger partial charge in [0.15, 0.2) is 6.10 Å². The van der Waals surface area contributed by atoms with Crippen molar-refractivity contribution >= 4 is 0 Å². The normalized spacial score (nSPS) is 21.5. The third-order valence-electron chi connectivity index (χ3n) is 2.77.